The van der Waals surface area contributed by atoms with Crippen molar-refractivity contribution in [3.8, 4) is 0 Å². The van der Waals surface area contributed by atoms with E-state index in [1.807, 2.05) is 0 Å². The van der Waals surface area contributed by atoms with Gasteiger partial charge in [-0.15, -0.1) is 0 Å². The quantitative estimate of drug-likeness (QED) is 0.0261. The molecule has 1 atom stereocenters. The minimum atomic E-state index is -0.805. The van der Waals surface area contributed by atoms with Crippen molar-refractivity contribution in [1.82, 2.24) is 0 Å². The molecule has 0 aromatic heterocycles. The lowest BCUT2D eigenvalue weighted by atomic mass is 10.1. The lowest BCUT2D eigenvalue weighted by Crippen LogP contribution is -2.30. The van der Waals surface area contributed by atoms with Crippen LogP contribution in [0.4, 0.5) is 0 Å². The molecule has 422 valence electrons. The maximum absolute atomic E-state index is 12.9. The largest absolute Gasteiger partial charge is 0.462 e. The second-order valence-corrected chi connectivity index (χ2v) is 19.5. The van der Waals surface area contributed by atoms with Gasteiger partial charge in [-0.2, -0.15) is 0 Å². The molecule has 0 aliphatic carbocycles. The molecule has 0 aliphatic rings. The number of rotatable bonds is 53. The minimum absolute atomic E-state index is 0.0990. The average molecular weight is 1040 g/mol. The summed E-state index contributed by atoms with van der Waals surface area (Å²) in [6, 6.07) is 0. The molecule has 0 radical (unpaired) electrons. The second kappa shape index (κ2) is 61.8. The Morgan fingerprint density at radius 3 is 0.840 bits per heavy atom. The van der Waals surface area contributed by atoms with Crippen LogP contribution in [0.5, 0.6) is 0 Å². The Morgan fingerprint density at radius 1 is 0.280 bits per heavy atom. The summed E-state index contributed by atoms with van der Waals surface area (Å²) < 4.78 is 16.8. The van der Waals surface area contributed by atoms with Gasteiger partial charge in [0.15, 0.2) is 6.10 Å². The van der Waals surface area contributed by atoms with E-state index < -0.39 is 6.10 Å². The van der Waals surface area contributed by atoms with E-state index >= 15 is 0 Å². The van der Waals surface area contributed by atoms with E-state index in [1.165, 1.54) is 70.6 Å². The zero-order valence-corrected chi connectivity index (χ0v) is 48.3. The molecule has 0 saturated carbocycles. The molecule has 0 bridgehead atoms. The Balaban J connectivity index is 4.38. The molecule has 1 unspecified atom stereocenters. The molecule has 0 rings (SSSR count). The van der Waals surface area contributed by atoms with Crippen LogP contribution in [-0.2, 0) is 28.6 Å². The monoisotopic (exact) mass is 1030 g/mol. The highest BCUT2D eigenvalue weighted by atomic mass is 16.6. The molecule has 0 amide bonds. The van der Waals surface area contributed by atoms with Crippen LogP contribution in [0.3, 0.4) is 0 Å². The highest BCUT2D eigenvalue weighted by Gasteiger charge is 2.19. The molecular formula is C69H110O6. The third-order valence-corrected chi connectivity index (χ3v) is 12.3. The molecule has 0 fully saturated rings. The van der Waals surface area contributed by atoms with Gasteiger partial charge in [-0.25, -0.2) is 0 Å². The van der Waals surface area contributed by atoms with Crippen LogP contribution < -0.4 is 0 Å². The predicted molar refractivity (Wildman–Crippen MR) is 325 cm³/mol. The van der Waals surface area contributed by atoms with Crippen molar-refractivity contribution < 1.29 is 28.6 Å². The average Bonchev–Trinajstić information content (AvgIpc) is 3.41. The van der Waals surface area contributed by atoms with Gasteiger partial charge in [-0.1, -0.05) is 256 Å². The fourth-order valence-electron chi connectivity index (χ4n) is 7.86. The van der Waals surface area contributed by atoms with Crippen molar-refractivity contribution in [2.24, 2.45) is 0 Å². The molecule has 0 aliphatic heterocycles. The number of allylic oxidation sites excluding steroid dienone is 24. The van der Waals surface area contributed by atoms with Gasteiger partial charge in [0.25, 0.3) is 0 Å². The normalized spacial score (nSPS) is 13.2. The summed E-state index contributed by atoms with van der Waals surface area (Å²) in [5.41, 5.74) is 0. The first-order valence-electron chi connectivity index (χ1n) is 30.3. The standard InChI is InChI=1S/C69H110O6/c1-4-7-10-13-16-19-21-23-25-27-29-31-32-33-34-35-36-38-39-41-43-45-47-50-53-56-59-62-68(71)74-65-66(64-73-67(70)61-58-55-52-49-18-15-12-9-6-3)75-69(72)63-60-57-54-51-48-46-44-42-40-37-30-28-26-24-22-20-17-14-11-8-5-2/h7-8,10-11,16-17,19-20,23-26,29-31,33-34,36-38,41,43,47,50,66H,4-6,9,12-15,18,21-22,27-28,32,35,39-40,42,44-46,48-49,51-65H2,1-3H3/b10-7-,11-8-,19-16-,20-17-,25-23-,26-24-,31-29-,34-33-,37-30-,38-36-,43-41-,50-47-. The van der Waals surface area contributed by atoms with Gasteiger partial charge in [0.1, 0.15) is 13.2 Å². The Kier molecular flexibility index (Phi) is 58.0. The summed E-state index contributed by atoms with van der Waals surface area (Å²) >= 11 is 0. The molecule has 0 saturated heterocycles. The Labute approximate surface area is 461 Å². The first-order valence-corrected chi connectivity index (χ1v) is 30.3. The lowest BCUT2D eigenvalue weighted by Gasteiger charge is -2.18. The van der Waals surface area contributed by atoms with Crippen molar-refractivity contribution in [2.45, 2.75) is 258 Å². The number of ether oxygens (including phenoxy) is 3. The van der Waals surface area contributed by atoms with E-state index in [1.54, 1.807) is 0 Å². The number of hydrogen-bond acceptors (Lipinski definition) is 6. The highest BCUT2D eigenvalue weighted by Crippen LogP contribution is 2.14. The third kappa shape index (κ3) is 60.0. The van der Waals surface area contributed by atoms with Crippen LogP contribution in [0, 0.1) is 0 Å². The minimum Gasteiger partial charge on any atom is -0.462 e. The SMILES string of the molecule is CC/C=C\C/C=C\C/C=C\C/C=C\C/C=C\C/C=C\C/C=C\C/C=C\CCCCC(=O)OCC(COC(=O)CCCCCCCCCCC)OC(=O)CCCCCCCCCC/C=C\C/C=C\C/C=C\C/C=C\CC. The highest BCUT2D eigenvalue weighted by molar-refractivity contribution is 5.71. The molecule has 0 N–H and O–H groups in total. The molecule has 6 heteroatoms. The Bertz CT molecular complexity index is 1660. The zero-order chi connectivity index (χ0) is 54.3. The topological polar surface area (TPSA) is 78.9 Å². The van der Waals surface area contributed by atoms with Gasteiger partial charge in [-0.05, 0) is 122 Å². The van der Waals surface area contributed by atoms with Crippen LogP contribution in [0.25, 0.3) is 0 Å². The van der Waals surface area contributed by atoms with Crippen molar-refractivity contribution in [3.05, 3.63) is 146 Å². The molecular weight excluding hydrogens is 925 g/mol. The van der Waals surface area contributed by atoms with Gasteiger partial charge >= 0.3 is 17.9 Å². The number of unbranched alkanes of at least 4 members (excludes halogenated alkanes) is 18. The van der Waals surface area contributed by atoms with Crippen molar-refractivity contribution >= 4 is 17.9 Å². The van der Waals surface area contributed by atoms with Gasteiger partial charge in [0, 0.05) is 19.3 Å². The summed E-state index contributed by atoms with van der Waals surface area (Å²) in [6.07, 6.45) is 88.5. The smallest absolute Gasteiger partial charge is 0.306 e. The van der Waals surface area contributed by atoms with Gasteiger partial charge in [0.05, 0.1) is 0 Å². The molecule has 6 nitrogen and oxygen atoms in total. The summed E-state index contributed by atoms with van der Waals surface area (Å²) in [5, 5.41) is 0. The first-order chi connectivity index (χ1) is 37.0. The predicted octanol–water partition coefficient (Wildman–Crippen LogP) is 20.8. The van der Waals surface area contributed by atoms with Crippen molar-refractivity contribution in [2.75, 3.05) is 13.2 Å². The number of carbonyl (C=O) groups is 3. The van der Waals surface area contributed by atoms with Crippen molar-refractivity contribution in [1.29, 1.82) is 0 Å². The second-order valence-electron chi connectivity index (χ2n) is 19.5. The van der Waals surface area contributed by atoms with Crippen LogP contribution in [0.2, 0.25) is 0 Å². The Hall–Kier alpha value is -4.71. The Morgan fingerprint density at radius 2 is 0.520 bits per heavy atom. The molecule has 0 spiro atoms. The van der Waals surface area contributed by atoms with Gasteiger partial charge in [0.2, 0.25) is 0 Å². The van der Waals surface area contributed by atoms with Crippen LogP contribution >= 0.6 is 0 Å². The molecule has 0 heterocycles. The lowest BCUT2D eigenvalue weighted by molar-refractivity contribution is -0.167. The summed E-state index contributed by atoms with van der Waals surface area (Å²) in [5.74, 6) is -0.959. The number of esters is 3. The summed E-state index contributed by atoms with van der Waals surface area (Å²) in [4.78, 5) is 38.1. The maximum Gasteiger partial charge on any atom is 0.306 e. The summed E-state index contributed by atoms with van der Waals surface area (Å²) in [6.45, 7) is 6.34. The molecule has 75 heavy (non-hydrogen) atoms. The van der Waals surface area contributed by atoms with Gasteiger partial charge in [-0.3, -0.25) is 14.4 Å². The van der Waals surface area contributed by atoms with E-state index in [0.29, 0.717) is 25.7 Å². The fraction of sp³-hybridized carbons (Fsp3) is 0.609. The molecule has 0 aromatic carbocycles. The number of hydrogen-bond donors (Lipinski definition) is 0. The summed E-state index contributed by atoms with van der Waals surface area (Å²) in [7, 11) is 0. The van der Waals surface area contributed by atoms with E-state index in [-0.39, 0.29) is 31.1 Å². The van der Waals surface area contributed by atoms with Crippen LogP contribution in [0.1, 0.15) is 252 Å². The van der Waals surface area contributed by atoms with Crippen molar-refractivity contribution in [3.63, 3.8) is 0 Å². The van der Waals surface area contributed by atoms with E-state index in [0.717, 1.165) is 135 Å². The third-order valence-electron chi connectivity index (χ3n) is 12.3. The molecule has 0 aromatic rings. The van der Waals surface area contributed by atoms with Crippen LogP contribution in [-0.4, -0.2) is 37.2 Å². The number of carbonyl (C=O) groups excluding carboxylic acids is 3. The van der Waals surface area contributed by atoms with E-state index in [4.69, 9.17) is 14.2 Å². The van der Waals surface area contributed by atoms with E-state index in [9.17, 15) is 14.4 Å². The van der Waals surface area contributed by atoms with Gasteiger partial charge < -0.3 is 14.2 Å². The first kappa shape index (κ1) is 70.3. The fourth-order valence-corrected chi connectivity index (χ4v) is 7.86. The van der Waals surface area contributed by atoms with E-state index in [2.05, 4.69) is 167 Å². The zero-order valence-electron chi connectivity index (χ0n) is 48.3. The maximum atomic E-state index is 12.9. The van der Waals surface area contributed by atoms with Crippen LogP contribution in [0.15, 0.2) is 146 Å².